The topological polar surface area (TPSA) is 75.4 Å². The molecule has 0 spiro atoms. The van der Waals surface area contributed by atoms with Gasteiger partial charge in [-0.1, -0.05) is 6.07 Å². The number of anilines is 1. The van der Waals surface area contributed by atoms with E-state index in [4.69, 9.17) is 10.8 Å². The zero-order valence-electron chi connectivity index (χ0n) is 7.66. The van der Waals surface area contributed by atoms with Gasteiger partial charge in [-0.3, -0.25) is 4.79 Å². The third-order valence-electron chi connectivity index (χ3n) is 2.49. The van der Waals surface area contributed by atoms with Crippen molar-refractivity contribution in [2.75, 3.05) is 5.73 Å². The maximum atomic E-state index is 10.8. The molecule has 74 valence electrons. The largest absolute Gasteiger partial charge is 0.480 e. The lowest BCUT2D eigenvalue weighted by atomic mass is 9.95. The maximum Gasteiger partial charge on any atom is 0.321 e. The second-order valence-electron chi connectivity index (χ2n) is 3.50. The Morgan fingerprint density at radius 2 is 2.29 bits per heavy atom. The molecule has 1 aromatic carbocycles. The summed E-state index contributed by atoms with van der Waals surface area (Å²) in [4.78, 5) is 10.8. The number of aliphatic carboxylic acids is 1. The Bertz CT molecular complexity index is 376. The molecule has 0 saturated heterocycles. The van der Waals surface area contributed by atoms with Crippen molar-refractivity contribution < 1.29 is 9.90 Å². The summed E-state index contributed by atoms with van der Waals surface area (Å²) in [6.45, 7) is 0.604. The summed E-state index contributed by atoms with van der Waals surface area (Å²) in [6.07, 6.45) is 0.510. The van der Waals surface area contributed by atoms with Crippen LogP contribution in [-0.2, 0) is 17.8 Å². The minimum atomic E-state index is -0.807. The van der Waals surface area contributed by atoms with E-state index in [2.05, 4.69) is 5.32 Å². The summed E-state index contributed by atoms with van der Waals surface area (Å²) >= 11 is 0. The number of carbonyl (C=O) groups is 1. The molecule has 4 heteroatoms. The molecule has 0 fully saturated rings. The van der Waals surface area contributed by atoms with Crippen LogP contribution >= 0.6 is 0 Å². The lowest BCUT2D eigenvalue weighted by molar-refractivity contribution is -0.139. The number of nitrogens with two attached hydrogens (primary N) is 1. The van der Waals surface area contributed by atoms with E-state index in [1.165, 1.54) is 0 Å². The van der Waals surface area contributed by atoms with E-state index >= 15 is 0 Å². The second-order valence-corrected chi connectivity index (χ2v) is 3.50. The predicted molar refractivity (Wildman–Crippen MR) is 52.8 cm³/mol. The first-order valence-corrected chi connectivity index (χ1v) is 4.50. The fourth-order valence-electron chi connectivity index (χ4n) is 1.71. The molecule has 0 aromatic heterocycles. The minimum Gasteiger partial charge on any atom is -0.480 e. The summed E-state index contributed by atoms with van der Waals surface area (Å²) in [5.41, 5.74) is 8.50. The van der Waals surface area contributed by atoms with Gasteiger partial charge in [-0.05, 0) is 29.7 Å². The van der Waals surface area contributed by atoms with E-state index in [-0.39, 0.29) is 0 Å². The first-order valence-electron chi connectivity index (χ1n) is 4.50. The number of carboxylic acid groups (broad SMARTS) is 1. The highest BCUT2D eigenvalue weighted by molar-refractivity contribution is 5.74. The van der Waals surface area contributed by atoms with Gasteiger partial charge in [-0.15, -0.1) is 0 Å². The van der Waals surface area contributed by atoms with Crippen molar-refractivity contribution in [2.45, 2.75) is 19.0 Å². The Morgan fingerprint density at radius 3 is 3.00 bits per heavy atom. The van der Waals surface area contributed by atoms with Crippen LogP contribution in [0.3, 0.4) is 0 Å². The molecule has 1 heterocycles. The van der Waals surface area contributed by atoms with Crippen molar-refractivity contribution in [3.05, 3.63) is 29.3 Å². The zero-order chi connectivity index (χ0) is 10.1. The van der Waals surface area contributed by atoms with Crippen molar-refractivity contribution in [3.63, 3.8) is 0 Å². The Balaban J connectivity index is 2.29. The van der Waals surface area contributed by atoms with Crippen molar-refractivity contribution in [1.29, 1.82) is 0 Å². The van der Waals surface area contributed by atoms with Crippen LogP contribution in [0.2, 0.25) is 0 Å². The third kappa shape index (κ3) is 1.56. The SMILES string of the molecule is Nc1ccc2c(c1)CC(C(=O)O)NC2. The number of nitrogen functional groups attached to an aromatic ring is 1. The summed E-state index contributed by atoms with van der Waals surface area (Å²) in [6, 6.07) is 5.15. The van der Waals surface area contributed by atoms with Crippen LogP contribution in [0.5, 0.6) is 0 Å². The second kappa shape index (κ2) is 3.31. The van der Waals surface area contributed by atoms with Gasteiger partial charge in [0.2, 0.25) is 0 Å². The van der Waals surface area contributed by atoms with Crippen LogP contribution in [0, 0.1) is 0 Å². The molecule has 4 nitrogen and oxygen atoms in total. The molecule has 0 amide bonds. The van der Waals surface area contributed by atoms with Gasteiger partial charge in [-0.2, -0.15) is 0 Å². The van der Waals surface area contributed by atoms with Crippen molar-refractivity contribution in [1.82, 2.24) is 5.32 Å². The molecule has 14 heavy (non-hydrogen) atoms. The monoisotopic (exact) mass is 192 g/mol. The van der Waals surface area contributed by atoms with Gasteiger partial charge in [0, 0.05) is 12.2 Å². The van der Waals surface area contributed by atoms with Gasteiger partial charge in [-0.25, -0.2) is 0 Å². The van der Waals surface area contributed by atoms with Gasteiger partial charge in [0.1, 0.15) is 6.04 Å². The summed E-state index contributed by atoms with van der Waals surface area (Å²) in [5.74, 6) is -0.807. The molecule has 1 unspecified atom stereocenters. The standard InChI is InChI=1S/C10H12N2O2/c11-8-2-1-6-5-12-9(10(13)14)4-7(6)3-8/h1-3,9,12H,4-5,11H2,(H,13,14). The van der Waals surface area contributed by atoms with Crippen LogP contribution in [-0.4, -0.2) is 17.1 Å². The van der Waals surface area contributed by atoms with E-state index in [0.717, 1.165) is 11.1 Å². The highest BCUT2D eigenvalue weighted by Gasteiger charge is 2.23. The Hall–Kier alpha value is -1.55. The maximum absolute atomic E-state index is 10.8. The molecule has 0 aliphatic carbocycles. The number of hydrogen-bond acceptors (Lipinski definition) is 3. The van der Waals surface area contributed by atoms with Crippen LogP contribution in [0.4, 0.5) is 5.69 Å². The predicted octanol–water partition coefficient (Wildman–Crippen LogP) is 0.368. The van der Waals surface area contributed by atoms with Crippen LogP contribution < -0.4 is 11.1 Å². The first kappa shape index (κ1) is 9.02. The Kier molecular flexibility index (Phi) is 2.13. The molecule has 0 saturated carbocycles. The smallest absolute Gasteiger partial charge is 0.321 e. The number of hydrogen-bond donors (Lipinski definition) is 3. The van der Waals surface area contributed by atoms with Gasteiger partial charge in [0.25, 0.3) is 0 Å². The van der Waals surface area contributed by atoms with E-state index in [9.17, 15) is 4.79 Å². The molecule has 1 aromatic rings. The number of fused-ring (bicyclic) bond motifs is 1. The summed E-state index contributed by atoms with van der Waals surface area (Å²) in [5, 5.41) is 11.8. The average Bonchev–Trinajstić information content (AvgIpc) is 2.16. The van der Waals surface area contributed by atoms with E-state index < -0.39 is 12.0 Å². The average molecular weight is 192 g/mol. The molecule has 4 N–H and O–H groups in total. The fraction of sp³-hybridized carbons (Fsp3) is 0.300. The molecule has 1 aliphatic rings. The normalized spacial score (nSPS) is 20.1. The minimum absolute atomic E-state index is 0.482. The summed E-state index contributed by atoms with van der Waals surface area (Å²) in [7, 11) is 0. The van der Waals surface area contributed by atoms with Crippen LogP contribution in [0.1, 0.15) is 11.1 Å². The first-order chi connectivity index (χ1) is 6.66. The van der Waals surface area contributed by atoms with Gasteiger partial charge in [0.15, 0.2) is 0 Å². The lowest BCUT2D eigenvalue weighted by Crippen LogP contribution is -2.41. The van der Waals surface area contributed by atoms with E-state index in [1.807, 2.05) is 18.2 Å². The number of rotatable bonds is 1. The quantitative estimate of drug-likeness (QED) is 0.562. The Morgan fingerprint density at radius 1 is 1.50 bits per heavy atom. The highest BCUT2D eigenvalue weighted by atomic mass is 16.4. The number of benzene rings is 1. The molecule has 2 rings (SSSR count). The molecule has 1 aliphatic heterocycles. The van der Waals surface area contributed by atoms with Gasteiger partial charge in [0.05, 0.1) is 0 Å². The summed E-state index contributed by atoms with van der Waals surface area (Å²) < 4.78 is 0. The lowest BCUT2D eigenvalue weighted by Gasteiger charge is -2.23. The van der Waals surface area contributed by atoms with Crippen molar-refractivity contribution in [2.24, 2.45) is 0 Å². The zero-order valence-corrected chi connectivity index (χ0v) is 7.66. The van der Waals surface area contributed by atoms with Crippen molar-refractivity contribution in [3.8, 4) is 0 Å². The number of carboxylic acids is 1. The van der Waals surface area contributed by atoms with Gasteiger partial charge < -0.3 is 16.2 Å². The Labute approximate surface area is 81.7 Å². The molecule has 1 atom stereocenters. The number of nitrogens with one attached hydrogen (secondary N) is 1. The third-order valence-corrected chi connectivity index (χ3v) is 2.49. The van der Waals surface area contributed by atoms with E-state index in [1.54, 1.807) is 0 Å². The van der Waals surface area contributed by atoms with Crippen LogP contribution in [0.15, 0.2) is 18.2 Å². The fourth-order valence-corrected chi connectivity index (χ4v) is 1.71. The molecular formula is C10H12N2O2. The van der Waals surface area contributed by atoms with Gasteiger partial charge >= 0.3 is 5.97 Å². The molecular weight excluding hydrogens is 180 g/mol. The molecule has 0 radical (unpaired) electrons. The van der Waals surface area contributed by atoms with Crippen LogP contribution in [0.25, 0.3) is 0 Å². The van der Waals surface area contributed by atoms with E-state index in [0.29, 0.717) is 18.7 Å². The highest BCUT2D eigenvalue weighted by Crippen LogP contribution is 2.19. The molecule has 0 bridgehead atoms. The van der Waals surface area contributed by atoms with Crippen molar-refractivity contribution >= 4 is 11.7 Å².